The van der Waals surface area contributed by atoms with E-state index in [0.29, 0.717) is 31.4 Å². The van der Waals surface area contributed by atoms with Crippen molar-refractivity contribution >= 4 is 58.0 Å². The van der Waals surface area contributed by atoms with E-state index in [1.54, 1.807) is 36.2 Å². The van der Waals surface area contributed by atoms with Crippen molar-refractivity contribution in [3.8, 4) is 0 Å². The summed E-state index contributed by atoms with van der Waals surface area (Å²) < 4.78 is 0. The van der Waals surface area contributed by atoms with Crippen LogP contribution in [0.15, 0.2) is 41.6 Å². The first-order valence-corrected chi connectivity index (χ1v) is 10.0. The van der Waals surface area contributed by atoms with Crippen LogP contribution in [0.4, 0.5) is 0 Å². The molecule has 0 saturated carbocycles. The van der Waals surface area contributed by atoms with Crippen molar-refractivity contribution in [2.75, 3.05) is 20.7 Å². The fraction of sp³-hybridized carbons (Fsp3) is 0.300. The van der Waals surface area contributed by atoms with E-state index in [1.807, 2.05) is 19.1 Å². The lowest BCUT2D eigenvalue weighted by Gasteiger charge is -2.23. The molecule has 2 aromatic carbocycles. The molecule has 2 rings (SSSR count). The van der Waals surface area contributed by atoms with Gasteiger partial charge < -0.3 is 9.74 Å². The number of hydrogen-bond acceptors (Lipinski definition) is 3. The highest BCUT2D eigenvalue weighted by Gasteiger charge is 2.23. The molecule has 8 heteroatoms. The number of hydrogen-bond donors (Lipinski definition) is 0. The molecule has 0 aliphatic rings. The normalized spacial score (nSPS) is 12.6. The second kappa shape index (κ2) is 10.4. The third kappa shape index (κ3) is 5.77. The van der Waals surface area contributed by atoms with Crippen molar-refractivity contribution in [3.05, 3.63) is 67.6 Å². The lowest BCUT2D eigenvalue weighted by atomic mass is 9.91. The maximum atomic E-state index is 12.8. The first-order valence-electron chi connectivity index (χ1n) is 8.53. The summed E-state index contributed by atoms with van der Waals surface area (Å²) in [6.07, 6.45) is 0.741. The minimum absolute atomic E-state index is 0.0899. The molecule has 1 unspecified atom stereocenters. The fourth-order valence-corrected chi connectivity index (χ4v) is 3.76. The van der Waals surface area contributed by atoms with E-state index in [-0.39, 0.29) is 18.4 Å². The first kappa shape index (κ1) is 22.8. The third-order valence-corrected chi connectivity index (χ3v) is 5.40. The molecule has 0 heterocycles. The standard InChI is InChI=1S/C20H20Cl4N2O2/c1-4-16(12-5-6-17(23)18(24)9-12)19(25-28-3)11-26(2)20(27)13-7-14(21)10-15(22)8-13/h5-10,16H,4,11H2,1-3H3/b25-19+. The SMILES string of the molecule is CCC(/C(CN(C)C(=O)c1cc(Cl)cc(Cl)c1)=N/OC)c1ccc(Cl)c(Cl)c1. The van der Waals surface area contributed by atoms with Gasteiger partial charge in [-0.05, 0) is 42.3 Å². The number of carbonyl (C=O) groups excluding carboxylic acids is 1. The van der Waals surface area contributed by atoms with Crippen molar-refractivity contribution in [2.45, 2.75) is 19.3 Å². The van der Waals surface area contributed by atoms with Crippen LogP contribution in [-0.4, -0.2) is 37.2 Å². The summed E-state index contributed by atoms with van der Waals surface area (Å²) in [4.78, 5) is 19.4. The molecule has 28 heavy (non-hydrogen) atoms. The predicted octanol–water partition coefficient (Wildman–Crippen LogP) is 6.57. The molecule has 0 saturated heterocycles. The van der Waals surface area contributed by atoms with Crippen molar-refractivity contribution in [1.82, 2.24) is 4.90 Å². The first-order chi connectivity index (χ1) is 13.3. The summed E-state index contributed by atoms with van der Waals surface area (Å²) >= 11 is 24.2. The molecule has 0 bridgehead atoms. The van der Waals surface area contributed by atoms with E-state index in [9.17, 15) is 4.79 Å². The summed E-state index contributed by atoms with van der Waals surface area (Å²) in [6.45, 7) is 2.28. The molecule has 0 N–H and O–H groups in total. The molecule has 1 amide bonds. The zero-order valence-corrected chi connectivity index (χ0v) is 18.7. The van der Waals surface area contributed by atoms with Gasteiger partial charge in [-0.25, -0.2) is 0 Å². The quantitative estimate of drug-likeness (QED) is 0.345. The van der Waals surface area contributed by atoms with E-state index in [0.717, 1.165) is 12.0 Å². The van der Waals surface area contributed by atoms with Crippen LogP contribution in [0.2, 0.25) is 20.1 Å². The van der Waals surface area contributed by atoms with Crippen molar-refractivity contribution in [3.63, 3.8) is 0 Å². The molecular formula is C20H20Cl4N2O2. The molecule has 0 aliphatic heterocycles. The lowest BCUT2D eigenvalue weighted by molar-refractivity contribution is 0.0812. The van der Waals surface area contributed by atoms with E-state index < -0.39 is 0 Å². The summed E-state index contributed by atoms with van der Waals surface area (Å²) in [7, 11) is 3.16. The van der Waals surface area contributed by atoms with Crippen LogP contribution in [-0.2, 0) is 4.84 Å². The maximum absolute atomic E-state index is 12.8. The molecule has 0 aromatic heterocycles. The third-order valence-electron chi connectivity index (χ3n) is 4.22. The Kier molecular flexibility index (Phi) is 8.44. The zero-order chi connectivity index (χ0) is 20.8. The van der Waals surface area contributed by atoms with Crippen LogP contribution in [0, 0.1) is 0 Å². The molecule has 2 aromatic rings. The van der Waals surface area contributed by atoms with Gasteiger partial charge in [0, 0.05) is 28.6 Å². The largest absolute Gasteiger partial charge is 0.399 e. The highest BCUT2D eigenvalue weighted by molar-refractivity contribution is 6.42. The van der Waals surface area contributed by atoms with Gasteiger partial charge in [0.05, 0.1) is 22.3 Å². The van der Waals surface area contributed by atoms with E-state index >= 15 is 0 Å². The monoisotopic (exact) mass is 460 g/mol. The van der Waals surface area contributed by atoms with Crippen molar-refractivity contribution in [1.29, 1.82) is 0 Å². The summed E-state index contributed by atoms with van der Waals surface area (Å²) in [5, 5.41) is 5.92. The van der Waals surface area contributed by atoms with E-state index in [4.69, 9.17) is 51.2 Å². The highest BCUT2D eigenvalue weighted by atomic mass is 35.5. The van der Waals surface area contributed by atoms with Crippen LogP contribution >= 0.6 is 46.4 Å². The van der Waals surface area contributed by atoms with Crippen molar-refractivity contribution in [2.24, 2.45) is 5.16 Å². The summed E-state index contributed by atoms with van der Waals surface area (Å²) in [5.74, 6) is -0.315. The van der Waals surface area contributed by atoms with E-state index in [2.05, 4.69) is 5.16 Å². The van der Waals surface area contributed by atoms with Crippen molar-refractivity contribution < 1.29 is 9.63 Å². The Hall–Kier alpha value is -1.46. The van der Waals surface area contributed by atoms with Crippen LogP contribution in [0.1, 0.15) is 35.2 Å². The Morgan fingerprint density at radius 3 is 2.25 bits per heavy atom. The number of nitrogens with zero attached hydrogens (tertiary/aromatic N) is 2. The fourth-order valence-electron chi connectivity index (χ4n) is 2.93. The summed E-state index contributed by atoms with van der Waals surface area (Å²) in [6, 6.07) is 10.2. The predicted molar refractivity (Wildman–Crippen MR) is 117 cm³/mol. The molecule has 150 valence electrons. The molecule has 4 nitrogen and oxygen atoms in total. The van der Waals surface area contributed by atoms with Gasteiger partial charge in [-0.15, -0.1) is 0 Å². The number of carbonyl (C=O) groups is 1. The Bertz CT molecular complexity index is 866. The molecule has 0 radical (unpaired) electrons. The summed E-state index contributed by atoms with van der Waals surface area (Å²) in [5.41, 5.74) is 2.03. The van der Waals surface area contributed by atoms with Gasteiger partial charge in [0.2, 0.25) is 0 Å². The molecule has 1 atom stereocenters. The number of halogens is 4. The van der Waals surface area contributed by atoms with Crippen LogP contribution in [0.25, 0.3) is 0 Å². The van der Waals surface area contributed by atoms with Gasteiger partial charge in [0.25, 0.3) is 5.91 Å². The second-order valence-electron chi connectivity index (χ2n) is 6.22. The van der Waals surface area contributed by atoms with Crippen LogP contribution in [0.5, 0.6) is 0 Å². The minimum atomic E-state index is -0.225. The molecular weight excluding hydrogens is 442 g/mol. The highest BCUT2D eigenvalue weighted by Crippen LogP contribution is 2.29. The number of amides is 1. The Balaban J connectivity index is 2.28. The van der Waals surface area contributed by atoms with Gasteiger partial charge in [-0.2, -0.15) is 0 Å². The average molecular weight is 462 g/mol. The lowest BCUT2D eigenvalue weighted by Crippen LogP contribution is -2.34. The van der Waals surface area contributed by atoms with Gasteiger partial charge in [0.15, 0.2) is 0 Å². The van der Waals surface area contributed by atoms with Gasteiger partial charge in [0.1, 0.15) is 7.11 Å². The molecule has 0 fully saturated rings. The van der Waals surface area contributed by atoms with Gasteiger partial charge in [-0.3, -0.25) is 4.79 Å². The smallest absolute Gasteiger partial charge is 0.254 e. The van der Waals surface area contributed by atoms with Crippen LogP contribution in [0.3, 0.4) is 0 Å². The molecule has 0 aliphatic carbocycles. The van der Waals surface area contributed by atoms with Crippen LogP contribution < -0.4 is 0 Å². The average Bonchev–Trinajstić information content (AvgIpc) is 2.63. The Labute approximate surface area is 185 Å². The molecule has 0 spiro atoms. The van der Waals surface area contributed by atoms with Gasteiger partial charge >= 0.3 is 0 Å². The second-order valence-corrected chi connectivity index (χ2v) is 7.91. The Morgan fingerprint density at radius 2 is 1.71 bits per heavy atom. The number of rotatable bonds is 7. The van der Waals surface area contributed by atoms with E-state index in [1.165, 1.54) is 7.11 Å². The zero-order valence-electron chi connectivity index (χ0n) is 15.7. The van der Waals surface area contributed by atoms with Gasteiger partial charge in [-0.1, -0.05) is 64.5 Å². The minimum Gasteiger partial charge on any atom is -0.399 e. The maximum Gasteiger partial charge on any atom is 0.254 e. The topological polar surface area (TPSA) is 41.9 Å². The number of oxime groups is 1. The Morgan fingerprint density at radius 1 is 1.07 bits per heavy atom. The number of benzene rings is 2.